The van der Waals surface area contributed by atoms with E-state index >= 15 is 0 Å². The first-order valence-corrected chi connectivity index (χ1v) is 7.41. The smallest absolute Gasteiger partial charge is 0.158 e. The van der Waals surface area contributed by atoms with Crippen LogP contribution >= 0.6 is 11.6 Å². The lowest BCUT2D eigenvalue weighted by atomic mass is 9.86. The Morgan fingerprint density at radius 3 is 2.95 bits per heavy atom. The molecule has 3 rings (SSSR count). The number of hydrogen-bond donors (Lipinski definition) is 1. The Balaban J connectivity index is 1.88. The molecule has 1 aliphatic carbocycles. The van der Waals surface area contributed by atoms with Gasteiger partial charge in [-0.05, 0) is 37.3 Å². The molecule has 106 valence electrons. The fourth-order valence-electron chi connectivity index (χ4n) is 3.00. The highest BCUT2D eigenvalue weighted by Crippen LogP contribution is 2.34. The van der Waals surface area contributed by atoms with Gasteiger partial charge >= 0.3 is 0 Å². The predicted molar refractivity (Wildman–Crippen MR) is 78.5 cm³/mol. The third-order valence-corrected chi connectivity index (χ3v) is 4.26. The van der Waals surface area contributed by atoms with Crippen LogP contribution in [0.5, 0.6) is 0 Å². The molecule has 0 aliphatic heterocycles. The summed E-state index contributed by atoms with van der Waals surface area (Å²) in [7, 11) is 0. The molecule has 0 amide bonds. The van der Waals surface area contributed by atoms with Crippen LogP contribution in [0.1, 0.15) is 31.7 Å². The van der Waals surface area contributed by atoms with E-state index < -0.39 is 0 Å². The fraction of sp³-hybridized carbons (Fsp3) is 0.467. The van der Waals surface area contributed by atoms with E-state index in [0.29, 0.717) is 17.0 Å². The lowest BCUT2D eigenvalue weighted by Crippen LogP contribution is -2.21. The number of aliphatic hydroxyl groups excluding tert-OH is 1. The number of aliphatic hydroxyl groups is 1. The van der Waals surface area contributed by atoms with Crippen molar-refractivity contribution >= 4 is 11.6 Å². The van der Waals surface area contributed by atoms with Crippen LogP contribution < -0.4 is 0 Å². The summed E-state index contributed by atoms with van der Waals surface area (Å²) >= 11 is 5.88. The lowest BCUT2D eigenvalue weighted by Gasteiger charge is -2.29. The van der Waals surface area contributed by atoms with Crippen LogP contribution in [-0.4, -0.2) is 26.2 Å². The standard InChI is InChI=1S/C15H18ClN3O/c16-12-4-5-14(18-9-12)15-17-6-7-19(15)13-3-1-2-11(8-13)10-20/h4-7,9,11,13,20H,1-3,8,10H2/t11-,13-/m1/s1. The summed E-state index contributed by atoms with van der Waals surface area (Å²) in [6.45, 7) is 0.278. The van der Waals surface area contributed by atoms with Gasteiger partial charge in [-0.1, -0.05) is 18.0 Å². The second-order valence-electron chi connectivity index (χ2n) is 5.39. The highest BCUT2D eigenvalue weighted by atomic mass is 35.5. The molecular weight excluding hydrogens is 274 g/mol. The maximum atomic E-state index is 9.37. The van der Waals surface area contributed by atoms with Gasteiger partial charge in [0.1, 0.15) is 5.69 Å². The van der Waals surface area contributed by atoms with Crippen molar-refractivity contribution in [3.05, 3.63) is 35.7 Å². The zero-order valence-electron chi connectivity index (χ0n) is 11.2. The summed E-state index contributed by atoms with van der Waals surface area (Å²) in [6, 6.07) is 4.13. The summed E-state index contributed by atoms with van der Waals surface area (Å²) in [6.07, 6.45) is 9.89. The number of nitrogens with zero attached hydrogens (tertiary/aromatic N) is 3. The van der Waals surface area contributed by atoms with Crippen molar-refractivity contribution in [2.75, 3.05) is 6.61 Å². The van der Waals surface area contributed by atoms with Gasteiger partial charge in [-0.25, -0.2) is 4.98 Å². The number of rotatable bonds is 3. The van der Waals surface area contributed by atoms with Gasteiger partial charge in [0.25, 0.3) is 0 Å². The van der Waals surface area contributed by atoms with Crippen LogP contribution in [0.3, 0.4) is 0 Å². The van der Waals surface area contributed by atoms with Crippen molar-refractivity contribution in [3.8, 4) is 11.5 Å². The molecule has 0 saturated heterocycles. The molecule has 0 spiro atoms. The molecule has 0 radical (unpaired) electrons. The first-order valence-electron chi connectivity index (χ1n) is 7.03. The molecule has 0 aromatic carbocycles. The van der Waals surface area contributed by atoms with Gasteiger partial charge in [-0.2, -0.15) is 0 Å². The van der Waals surface area contributed by atoms with E-state index in [1.807, 2.05) is 24.5 Å². The summed E-state index contributed by atoms with van der Waals surface area (Å²) < 4.78 is 2.19. The minimum atomic E-state index is 0.278. The molecule has 1 N–H and O–H groups in total. The topological polar surface area (TPSA) is 50.9 Å². The van der Waals surface area contributed by atoms with E-state index in [1.54, 1.807) is 6.20 Å². The van der Waals surface area contributed by atoms with Crippen molar-refractivity contribution in [1.29, 1.82) is 0 Å². The van der Waals surface area contributed by atoms with Crippen LogP contribution in [0.2, 0.25) is 5.02 Å². The van der Waals surface area contributed by atoms with Gasteiger partial charge in [-0.3, -0.25) is 4.98 Å². The van der Waals surface area contributed by atoms with Crippen molar-refractivity contribution in [1.82, 2.24) is 14.5 Å². The van der Waals surface area contributed by atoms with Gasteiger partial charge in [0.05, 0.1) is 5.02 Å². The van der Waals surface area contributed by atoms with Crippen molar-refractivity contribution in [2.24, 2.45) is 5.92 Å². The Labute approximate surface area is 123 Å². The number of imidazole rings is 1. The molecule has 2 heterocycles. The Bertz CT molecular complexity index is 567. The van der Waals surface area contributed by atoms with Gasteiger partial charge in [-0.15, -0.1) is 0 Å². The summed E-state index contributed by atoms with van der Waals surface area (Å²) in [5.41, 5.74) is 0.838. The molecule has 5 heteroatoms. The first kappa shape index (κ1) is 13.6. The second-order valence-corrected chi connectivity index (χ2v) is 5.83. The van der Waals surface area contributed by atoms with Crippen LogP contribution in [0.4, 0.5) is 0 Å². The Kier molecular flexibility index (Phi) is 4.03. The number of hydrogen-bond acceptors (Lipinski definition) is 3. The third-order valence-electron chi connectivity index (χ3n) is 4.03. The highest BCUT2D eigenvalue weighted by Gasteiger charge is 2.24. The molecule has 2 atom stereocenters. The van der Waals surface area contributed by atoms with Gasteiger partial charge in [0.15, 0.2) is 5.82 Å². The minimum Gasteiger partial charge on any atom is -0.396 e. The van der Waals surface area contributed by atoms with Crippen molar-refractivity contribution in [2.45, 2.75) is 31.7 Å². The van der Waals surface area contributed by atoms with E-state index in [2.05, 4.69) is 14.5 Å². The van der Waals surface area contributed by atoms with E-state index in [1.165, 1.54) is 0 Å². The predicted octanol–water partition coefficient (Wildman–Crippen LogP) is 3.32. The lowest BCUT2D eigenvalue weighted by molar-refractivity contribution is 0.163. The maximum absolute atomic E-state index is 9.37. The minimum absolute atomic E-state index is 0.278. The van der Waals surface area contributed by atoms with E-state index in [9.17, 15) is 5.11 Å². The van der Waals surface area contributed by atoms with Crippen LogP contribution in [0.15, 0.2) is 30.7 Å². The van der Waals surface area contributed by atoms with E-state index in [0.717, 1.165) is 37.2 Å². The average Bonchev–Trinajstić information content (AvgIpc) is 2.97. The Morgan fingerprint density at radius 1 is 1.30 bits per heavy atom. The molecule has 4 nitrogen and oxygen atoms in total. The summed E-state index contributed by atoms with van der Waals surface area (Å²) in [5, 5.41) is 10.0. The molecule has 2 aromatic rings. The van der Waals surface area contributed by atoms with E-state index in [-0.39, 0.29) is 6.61 Å². The third kappa shape index (κ3) is 2.72. The van der Waals surface area contributed by atoms with Gasteiger partial charge in [0.2, 0.25) is 0 Å². The summed E-state index contributed by atoms with van der Waals surface area (Å²) in [5.74, 6) is 1.28. The van der Waals surface area contributed by atoms with Crippen LogP contribution in [0, 0.1) is 5.92 Å². The SMILES string of the molecule is OC[C@@H]1CCC[C@@H](n2ccnc2-c2ccc(Cl)cn2)C1. The molecule has 1 fully saturated rings. The van der Waals surface area contributed by atoms with Crippen molar-refractivity contribution < 1.29 is 5.11 Å². The van der Waals surface area contributed by atoms with Crippen LogP contribution in [0.25, 0.3) is 11.5 Å². The molecule has 1 aliphatic rings. The Morgan fingerprint density at radius 2 is 2.20 bits per heavy atom. The first-order chi connectivity index (χ1) is 9.78. The van der Waals surface area contributed by atoms with E-state index in [4.69, 9.17) is 11.6 Å². The van der Waals surface area contributed by atoms with Gasteiger partial charge in [0, 0.05) is 31.2 Å². The Hall–Kier alpha value is -1.39. The maximum Gasteiger partial charge on any atom is 0.158 e. The summed E-state index contributed by atoms with van der Waals surface area (Å²) in [4.78, 5) is 8.79. The zero-order valence-corrected chi connectivity index (χ0v) is 12.0. The highest BCUT2D eigenvalue weighted by molar-refractivity contribution is 6.30. The second kappa shape index (κ2) is 5.94. The monoisotopic (exact) mass is 291 g/mol. The van der Waals surface area contributed by atoms with Crippen molar-refractivity contribution in [3.63, 3.8) is 0 Å². The molecule has 2 aromatic heterocycles. The quantitative estimate of drug-likeness (QED) is 0.944. The normalized spacial score (nSPS) is 22.9. The fourth-order valence-corrected chi connectivity index (χ4v) is 3.11. The number of aromatic nitrogens is 3. The van der Waals surface area contributed by atoms with Crippen LogP contribution in [-0.2, 0) is 0 Å². The zero-order chi connectivity index (χ0) is 13.9. The largest absolute Gasteiger partial charge is 0.396 e. The number of halogens is 1. The van der Waals surface area contributed by atoms with Gasteiger partial charge < -0.3 is 9.67 Å². The molecular formula is C15H18ClN3O. The molecule has 1 saturated carbocycles. The average molecular weight is 292 g/mol. The molecule has 0 bridgehead atoms. The molecule has 0 unspecified atom stereocenters. The number of pyridine rings is 1. The molecule has 20 heavy (non-hydrogen) atoms.